The van der Waals surface area contributed by atoms with Crippen molar-refractivity contribution in [1.82, 2.24) is 5.32 Å². The second kappa shape index (κ2) is 9.08. The molecule has 0 bridgehead atoms. The highest BCUT2D eigenvalue weighted by molar-refractivity contribution is 6.31. The fourth-order valence-electron chi connectivity index (χ4n) is 2.26. The lowest BCUT2D eigenvalue weighted by Crippen LogP contribution is -2.35. The SMILES string of the molecule is COc1ccccc1CC(=O)O[C@H](C)C(=O)NCc1ccccc1Cl. The zero-order valence-electron chi connectivity index (χ0n) is 14.1. The fraction of sp³-hybridized carbons (Fsp3) is 0.263. The molecule has 1 N–H and O–H groups in total. The van der Waals surface area contributed by atoms with Crippen LogP contribution in [-0.4, -0.2) is 25.1 Å². The number of benzene rings is 2. The van der Waals surface area contributed by atoms with E-state index in [1.54, 1.807) is 18.2 Å². The molecule has 0 aliphatic rings. The van der Waals surface area contributed by atoms with Crippen LogP contribution in [0, 0.1) is 0 Å². The molecule has 1 atom stereocenters. The molecule has 0 aliphatic heterocycles. The molecular formula is C19H20ClNO4. The summed E-state index contributed by atoms with van der Waals surface area (Å²) in [5, 5.41) is 3.28. The van der Waals surface area contributed by atoms with Gasteiger partial charge in [0.25, 0.3) is 5.91 Å². The Morgan fingerprint density at radius 2 is 1.72 bits per heavy atom. The van der Waals surface area contributed by atoms with Crippen molar-refractivity contribution in [1.29, 1.82) is 0 Å². The van der Waals surface area contributed by atoms with Gasteiger partial charge in [0.05, 0.1) is 13.5 Å². The van der Waals surface area contributed by atoms with Gasteiger partial charge < -0.3 is 14.8 Å². The third kappa shape index (κ3) is 5.50. The summed E-state index contributed by atoms with van der Waals surface area (Å²) in [4.78, 5) is 24.1. The average molecular weight is 362 g/mol. The monoisotopic (exact) mass is 361 g/mol. The van der Waals surface area contributed by atoms with Gasteiger partial charge in [-0.1, -0.05) is 48.0 Å². The van der Waals surface area contributed by atoms with Gasteiger partial charge in [0.1, 0.15) is 5.75 Å². The van der Waals surface area contributed by atoms with E-state index in [4.69, 9.17) is 21.1 Å². The molecule has 5 nitrogen and oxygen atoms in total. The number of hydrogen-bond donors (Lipinski definition) is 1. The first kappa shape index (κ1) is 18.8. The van der Waals surface area contributed by atoms with Crippen molar-refractivity contribution in [2.75, 3.05) is 7.11 Å². The van der Waals surface area contributed by atoms with Crippen LogP contribution in [0.5, 0.6) is 5.75 Å². The molecule has 0 saturated carbocycles. The van der Waals surface area contributed by atoms with Crippen LogP contribution in [0.1, 0.15) is 18.1 Å². The number of amides is 1. The van der Waals surface area contributed by atoms with E-state index in [-0.39, 0.29) is 18.9 Å². The van der Waals surface area contributed by atoms with Gasteiger partial charge in [0.2, 0.25) is 0 Å². The maximum Gasteiger partial charge on any atom is 0.311 e. The van der Waals surface area contributed by atoms with E-state index in [9.17, 15) is 9.59 Å². The number of halogens is 1. The average Bonchev–Trinajstić information content (AvgIpc) is 2.61. The molecule has 0 saturated heterocycles. The van der Waals surface area contributed by atoms with Gasteiger partial charge >= 0.3 is 5.97 Å². The molecule has 2 aromatic carbocycles. The molecule has 2 rings (SSSR count). The van der Waals surface area contributed by atoms with Crippen molar-refractivity contribution in [3.8, 4) is 5.75 Å². The van der Waals surface area contributed by atoms with E-state index in [2.05, 4.69) is 5.32 Å². The number of nitrogens with one attached hydrogen (secondary N) is 1. The number of methoxy groups -OCH3 is 1. The summed E-state index contributed by atoms with van der Waals surface area (Å²) in [6.07, 6.45) is -0.865. The zero-order chi connectivity index (χ0) is 18.2. The van der Waals surface area contributed by atoms with Gasteiger partial charge in [-0.15, -0.1) is 0 Å². The molecule has 0 heterocycles. The Morgan fingerprint density at radius 3 is 2.40 bits per heavy atom. The van der Waals surface area contributed by atoms with Gasteiger partial charge in [-0.25, -0.2) is 0 Å². The number of carbonyl (C=O) groups is 2. The Balaban J connectivity index is 1.86. The van der Waals surface area contributed by atoms with Crippen LogP contribution in [0.15, 0.2) is 48.5 Å². The Kier molecular flexibility index (Phi) is 6.83. The first-order valence-electron chi connectivity index (χ1n) is 7.83. The summed E-state index contributed by atoms with van der Waals surface area (Å²) in [6, 6.07) is 14.4. The van der Waals surface area contributed by atoms with Crippen molar-refractivity contribution in [3.05, 3.63) is 64.7 Å². The lowest BCUT2D eigenvalue weighted by atomic mass is 10.1. The second-order valence-electron chi connectivity index (χ2n) is 5.43. The summed E-state index contributed by atoms with van der Waals surface area (Å²) in [5.74, 6) is -0.270. The van der Waals surface area contributed by atoms with Crippen LogP contribution in [-0.2, 0) is 27.3 Å². The van der Waals surface area contributed by atoms with Crippen molar-refractivity contribution >= 4 is 23.5 Å². The fourth-order valence-corrected chi connectivity index (χ4v) is 2.47. The summed E-state index contributed by atoms with van der Waals surface area (Å²) in [6.45, 7) is 1.80. The van der Waals surface area contributed by atoms with Crippen LogP contribution in [0.2, 0.25) is 5.02 Å². The minimum atomic E-state index is -0.898. The highest BCUT2D eigenvalue weighted by atomic mass is 35.5. The van der Waals surface area contributed by atoms with Gasteiger partial charge in [0, 0.05) is 17.1 Å². The smallest absolute Gasteiger partial charge is 0.311 e. The van der Waals surface area contributed by atoms with E-state index in [1.807, 2.05) is 30.3 Å². The van der Waals surface area contributed by atoms with E-state index in [1.165, 1.54) is 14.0 Å². The van der Waals surface area contributed by atoms with Gasteiger partial charge in [-0.05, 0) is 24.6 Å². The molecule has 0 unspecified atom stereocenters. The molecule has 0 radical (unpaired) electrons. The van der Waals surface area contributed by atoms with Crippen LogP contribution >= 0.6 is 11.6 Å². The molecule has 25 heavy (non-hydrogen) atoms. The molecule has 0 fully saturated rings. The maximum absolute atomic E-state index is 12.1. The van der Waals surface area contributed by atoms with E-state index >= 15 is 0 Å². The van der Waals surface area contributed by atoms with Crippen LogP contribution in [0.4, 0.5) is 0 Å². The molecule has 0 spiro atoms. The summed E-state index contributed by atoms with van der Waals surface area (Å²) in [7, 11) is 1.54. The van der Waals surface area contributed by atoms with Gasteiger partial charge in [-0.3, -0.25) is 9.59 Å². The highest BCUT2D eigenvalue weighted by Gasteiger charge is 2.19. The van der Waals surface area contributed by atoms with E-state index < -0.39 is 12.1 Å². The van der Waals surface area contributed by atoms with E-state index in [0.29, 0.717) is 16.3 Å². The highest BCUT2D eigenvalue weighted by Crippen LogP contribution is 2.18. The van der Waals surface area contributed by atoms with Crippen molar-refractivity contribution in [2.45, 2.75) is 26.0 Å². The predicted octanol–water partition coefficient (Wildman–Crippen LogP) is 3.14. The largest absolute Gasteiger partial charge is 0.496 e. The lowest BCUT2D eigenvalue weighted by Gasteiger charge is -2.14. The molecule has 6 heteroatoms. The molecular weight excluding hydrogens is 342 g/mol. The number of rotatable bonds is 7. The number of ether oxygens (including phenoxy) is 2. The molecule has 0 aromatic heterocycles. The van der Waals surface area contributed by atoms with Gasteiger partial charge in [0.15, 0.2) is 6.10 Å². The molecule has 132 valence electrons. The third-order valence-electron chi connectivity index (χ3n) is 3.62. The van der Waals surface area contributed by atoms with Crippen molar-refractivity contribution < 1.29 is 19.1 Å². The van der Waals surface area contributed by atoms with Gasteiger partial charge in [-0.2, -0.15) is 0 Å². The Hall–Kier alpha value is -2.53. The van der Waals surface area contributed by atoms with E-state index in [0.717, 1.165) is 5.56 Å². The molecule has 0 aliphatic carbocycles. The maximum atomic E-state index is 12.1. The van der Waals surface area contributed by atoms with Crippen molar-refractivity contribution in [3.63, 3.8) is 0 Å². The first-order chi connectivity index (χ1) is 12.0. The number of hydrogen-bond acceptors (Lipinski definition) is 4. The molecule has 2 aromatic rings. The second-order valence-corrected chi connectivity index (χ2v) is 5.84. The van der Waals surface area contributed by atoms with Crippen LogP contribution in [0.3, 0.4) is 0 Å². The van der Waals surface area contributed by atoms with Crippen LogP contribution in [0.25, 0.3) is 0 Å². The number of esters is 1. The molecule has 1 amide bonds. The summed E-state index contributed by atoms with van der Waals surface area (Å²) in [5.41, 5.74) is 1.50. The predicted molar refractivity (Wildman–Crippen MR) is 95.6 cm³/mol. The third-order valence-corrected chi connectivity index (χ3v) is 3.98. The number of para-hydroxylation sites is 1. The Labute approximate surface area is 151 Å². The topological polar surface area (TPSA) is 64.6 Å². The summed E-state index contributed by atoms with van der Waals surface area (Å²) < 4.78 is 10.4. The minimum Gasteiger partial charge on any atom is -0.496 e. The number of carbonyl (C=O) groups excluding carboxylic acids is 2. The zero-order valence-corrected chi connectivity index (χ0v) is 14.9. The normalized spacial score (nSPS) is 11.5. The first-order valence-corrected chi connectivity index (χ1v) is 8.21. The summed E-state index contributed by atoms with van der Waals surface area (Å²) >= 11 is 6.04. The lowest BCUT2D eigenvalue weighted by molar-refractivity contribution is -0.154. The Morgan fingerprint density at radius 1 is 1.08 bits per heavy atom. The minimum absolute atomic E-state index is 0.0339. The Bertz CT molecular complexity index is 748. The quantitative estimate of drug-likeness (QED) is 0.769. The standard InChI is InChI=1S/C19H20ClNO4/c1-13(19(23)21-12-15-8-3-5-9-16(15)20)25-18(22)11-14-7-4-6-10-17(14)24-2/h3-10,13H,11-12H2,1-2H3,(H,21,23)/t13-/m1/s1. The van der Waals surface area contributed by atoms with Crippen LogP contribution < -0.4 is 10.1 Å². The van der Waals surface area contributed by atoms with Crippen molar-refractivity contribution in [2.24, 2.45) is 0 Å².